The molecule has 0 aliphatic carbocycles. The molecule has 118 valence electrons. The molecule has 0 fully saturated rings. The van der Waals surface area contributed by atoms with E-state index in [9.17, 15) is 4.79 Å². The van der Waals surface area contributed by atoms with Crippen LogP contribution in [-0.4, -0.2) is 19.1 Å². The molecule has 0 radical (unpaired) electrons. The van der Waals surface area contributed by atoms with Crippen LogP contribution in [0.1, 0.15) is 46.5 Å². The molecular formula is C17H28N2O2. The highest BCUT2D eigenvalue weighted by Crippen LogP contribution is 2.31. The summed E-state index contributed by atoms with van der Waals surface area (Å²) in [5.74, 6) is 0.780. The molecule has 0 aliphatic rings. The number of hydrogen-bond donors (Lipinski definition) is 2. The minimum absolute atomic E-state index is 0.0161. The zero-order valence-electron chi connectivity index (χ0n) is 13.4. The van der Waals surface area contributed by atoms with Crippen molar-refractivity contribution in [1.82, 2.24) is 0 Å². The second kappa shape index (κ2) is 8.67. The van der Waals surface area contributed by atoms with Gasteiger partial charge in [0.2, 0.25) is 5.91 Å². The summed E-state index contributed by atoms with van der Waals surface area (Å²) >= 11 is 0. The number of carbonyl (C=O) groups is 1. The second-order valence-electron chi connectivity index (χ2n) is 5.40. The summed E-state index contributed by atoms with van der Waals surface area (Å²) in [5.41, 5.74) is 6.22. The van der Waals surface area contributed by atoms with Gasteiger partial charge in [-0.2, -0.15) is 0 Å². The first-order valence-corrected chi connectivity index (χ1v) is 7.86. The Balaban J connectivity index is 2.87. The number of nitrogens with two attached hydrogens (primary N) is 1. The molecule has 0 unspecified atom stereocenters. The minimum atomic E-state index is -0.467. The van der Waals surface area contributed by atoms with Crippen molar-refractivity contribution in [2.24, 2.45) is 11.1 Å². The van der Waals surface area contributed by atoms with Crippen LogP contribution in [0.3, 0.4) is 0 Å². The molecule has 1 rings (SSSR count). The molecule has 0 saturated heterocycles. The van der Waals surface area contributed by atoms with E-state index >= 15 is 0 Å². The fraction of sp³-hybridized carbons (Fsp3) is 0.588. The van der Waals surface area contributed by atoms with Gasteiger partial charge in [0.25, 0.3) is 0 Å². The van der Waals surface area contributed by atoms with Crippen LogP contribution in [0, 0.1) is 5.41 Å². The van der Waals surface area contributed by atoms with E-state index in [4.69, 9.17) is 10.5 Å². The van der Waals surface area contributed by atoms with Crippen LogP contribution in [0.2, 0.25) is 0 Å². The fourth-order valence-corrected chi connectivity index (χ4v) is 2.70. The summed E-state index contributed by atoms with van der Waals surface area (Å²) in [6.45, 7) is 7.10. The Morgan fingerprint density at radius 1 is 1.24 bits per heavy atom. The van der Waals surface area contributed by atoms with Crippen molar-refractivity contribution < 1.29 is 9.53 Å². The third-order valence-electron chi connectivity index (χ3n) is 3.73. The predicted octanol–water partition coefficient (Wildman–Crippen LogP) is 3.57. The molecule has 4 nitrogen and oxygen atoms in total. The molecule has 0 atom stereocenters. The minimum Gasteiger partial charge on any atom is -0.494 e. The summed E-state index contributed by atoms with van der Waals surface area (Å²) in [6.07, 6.45) is 3.52. The molecule has 1 aromatic carbocycles. The van der Waals surface area contributed by atoms with Crippen molar-refractivity contribution in [2.75, 3.05) is 18.5 Å². The maximum absolute atomic E-state index is 12.7. The van der Waals surface area contributed by atoms with E-state index in [2.05, 4.69) is 19.2 Å². The van der Waals surface area contributed by atoms with Crippen molar-refractivity contribution in [3.8, 4) is 5.75 Å². The van der Waals surface area contributed by atoms with Gasteiger partial charge in [-0.05, 0) is 31.9 Å². The molecule has 4 heteroatoms. The van der Waals surface area contributed by atoms with Gasteiger partial charge in [0, 0.05) is 18.3 Å². The van der Waals surface area contributed by atoms with E-state index in [-0.39, 0.29) is 5.91 Å². The average molecular weight is 292 g/mol. The van der Waals surface area contributed by atoms with Crippen LogP contribution >= 0.6 is 0 Å². The summed E-state index contributed by atoms with van der Waals surface area (Å²) in [6, 6.07) is 7.48. The van der Waals surface area contributed by atoms with E-state index in [1.807, 2.05) is 31.2 Å². The summed E-state index contributed by atoms with van der Waals surface area (Å²) in [4.78, 5) is 12.7. The number of ether oxygens (including phenoxy) is 1. The largest absolute Gasteiger partial charge is 0.494 e. The molecule has 0 heterocycles. The van der Waals surface area contributed by atoms with Gasteiger partial charge >= 0.3 is 0 Å². The van der Waals surface area contributed by atoms with Gasteiger partial charge in [-0.25, -0.2) is 0 Å². The third kappa shape index (κ3) is 4.74. The zero-order valence-corrected chi connectivity index (χ0v) is 13.4. The van der Waals surface area contributed by atoms with Gasteiger partial charge < -0.3 is 15.8 Å². The van der Waals surface area contributed by atoms with Crippen molar-refractivity contribution >= 4 is 11.6 Å². The van der Waals surface area contributed by atoms with Crippen LogP contribution < -0.4 is 15.8 Å². The number of hydrogen-bond acceptors (Lipinski definition) is 3. The van der Waals surface area contributed by atoms with Crippen molar-refractivity contribution in [1.29, 1.82) is 0 Å². The van der Waals surface area contributed by atoms with Gasteiger partial charge in [0.1, 0.15) is 5.75 Å². The zero-order chi connectivity index (χ0) is 15.7. The Kier molecular flexibility index (Phi) is 7.23. The molecule has 0 aliphatic heterocycles. The summed E-state index contributed by atoms with van der Waals surface area (Å²) in [7, 11) is 0. The lowest BCUT2D eigenvalue weighted by Crippen LogP contribution is -2.42. The predicted molar refractivity (Wildman–Crippen MR) is 87.5 cm³/mol. The molecule has 1 aromatic rings. The number of rotatable bonds is 9. The molecule has 21 heavy (non-hydrogen) atoms. The first-order valence-electron chi connectivity index (χ1n) is 7.86. The first-order chi connectivity index (χ1) is 10.1. The standard InChI is InChI=1S/C17H28N2O2/c1-4-10-17(13-18,11-5-2)16(20)19-14-8-7-9-15(12-14)21-6-3/h7-9,12H,4-6,10-11,13,18H2,1-3H3,(H,19,20). The highest BCUT2D eigenvalue weighted by Gasteiger charge is 2.35. The Morgan fingerprint density at radius 2 is 1.90 bits per heavy atom. The SMILES string of the molecule is CCCC(CN)(CCC)C(=O)Nc1cccc(OCC)c1. The quantitative estimate of drug-likeness (QED) is 0.731. The number of anilines is 1. The van der Waals surface area contributed by atoms with Crippen LogP contribution in [0.15, 0.2) is 24.3 Å². The Morgan fingerprint density at radius 3 is 2.43 bits per heavy atom. The Labute approximate surface area is 128 Å². The highest BCUT2D eigenvalue weighted by atomic mass is 16.5. The van der Waals surface area contributed by atoms with Gasteiger partial charge in [-0.15, -0.1) is 0 Å². The lowest BCUT2D eigenvalue weighted by Gasteiger charge is -2.30. The molecule has 3 N–H and O–H groups in total. The van der Waals surface area contributed by atoms with Crippen LogP contribution in [0.25, 0.3) is 0 Å². The molecule has 0 spiro atoms. The van der Waals surface area contributed by atoms with Gasteiger partial charge in [-0.3, -0.25) is 4.79 Å². The van der Waals surface area contributed by atoms with Crippen molar-refractivity contribution in [3.05, 3.63) is 24.3 Å². The number of carbonyl (C=O) groups excluding carboxylic acids is 1. The lowest BCUT2D eigenvalue weighted by atomic mass is 9.78. The van der Waals surface area contributed by atoms with E-state index in [0.29, 0.717) is 13.2 Å². The highest BCUT2D eigenvalue weighted by molar-refractivity contribution is 5.95. The van der Waals surface area contributed by atoms with Crippen LogP contribution in [-0.2, 0) is 4.79 Å². The van der Waals surface area contributed by atoms with Crippen molar-refractivity contribution in [3.63, 3.8) is 0 Å². The van der Waals surface area contributed by atoms with Gasteiger partial charge in [0.05, 0.1) is 12.0 Å². The molecule has 0 aromatic heterocycles. The van der Waals surface area contributed by atoms with Crippen molar-refractivity contribution in [2.45, 2.75) is 46.5 Å². The number of benzene rings is 1. The molecule has 0 bridgehead atoms. The Bertz CT molecular complexity index is 440. The van der Waals surface area contributed by atoms with E-state index in [0.717, 1.165) is 37.1 Å². The Hall–Kier alpha value is -1.55. The van der Waals surface area contributed by atoms with E-state index < -0.39 is 5.41 Å². The van der Waals surface area contributed by atoms with E-state index in [1.165, 1.54) is 0 Å². The third-order valence-corrected chi connectivity index (χ3v) is 3.73. The molecule has 0 saturated carbocycles. The fourth-order valence-electron chi connectivity index (χ4n) is 2.70. The summed E-state index contributed by atoms with van der Waals surface area (Å²) < 4.78 is 5.46. The van der Waals surface area contributed by atoms with Gasteiger partial charge in [-0.1, -0.05) is 32.8 Å². The maximum atomic E-state index is 12.7. The van der Waals surface area contributed by atoms with Gasteiger partial charge in [0.15, 0.2) is 0 Å². The molecule has 1 amide bonds. The van der Waals surface area contributed by atoms with Crippen LogP contribution in [0.4, 0.5) is 5.69 Å². The van der Waals surface area contributed by atoms with E-state index in [1.54, 1.807) is 0 Å². The topological polar surface area (TPSA) is 64.4 Å². The normalized spacial score (nSPS) is 11.2. The smallest absolute Gasteiger partial charge is 0.231 e. The van der Waals surface area contributed by atoms with Crippen LogP contribution in [0.5, 0.6) is 5.75 Å². The monoisotopic (exact) mass is 292 g/mol. The average Bonchev–Trinajstić information content (AvgIpc) is 2.47. The maximum Gasteiger partial charge on any atom is 0.231 e. The summed E-state index contributed by atoms with van der Waals surface area (Å²) in [5, 5.41) is 3.00. The first kappa shape index (κ1) is 17.5. The lowest BCUT2D eigenvalue weighted by molar-refractivity contribution is -0.126. The number of nitrogens with one attached hydrogen (secondary N) is 1. The molecular weight excluding hydrogens is 264 g/mol. The second-order valence-corrected chi connectivity index (χ2v) is 5.40. The number of amides is 1.